The van der Waals surface area contributed by atoms with E-state index >= 15 is 0 Å². The average molecular weight is 773 g/mol. The summed E-state index contributed by atoms with van der Waals surface area (Å²) in [5.74, 6) is -0.0920. The predicted molar refractivity (Wildman–Crippen MR) is 178 cm³/mol. The minimum atomic E-state index is -5.02. The van der Waals surface area contributed by atoms with Gasteiger partial charge in [0.25, 0.3) is 5.56 Å². The van der Waals surface area contributed by atoms with Crippen molar-refractivity contribution in [2.24, 2.45) is 0 Å². The molecule has 9 atom stereocenters. The van der Waals surface area contributed by atoms with Gasteiger partial charge in [-0.3, -0.25) is 37.0 Å². The number of nitrogens with two attached hydrogens (primary N) is 2. The van der Waals surface area contributed by atoms with Crippen LogP contribution in [0.15, 0.2) is 23.8 Å². The van der Waals surface area contributed by atoms with E-state index in [0.29, 0.717) is 11.2 Å². The molecule has 278 valence electrons. The van der Waals surface area contributed by atoms with Crippen molar-refractivity contribution in [1.29, 1.82) is 0 Å². The third-order valence-electron chi connectivity index (χ3n) is 9.45. The van der Waals surface area contributed by atoms with Gasteiger partial charge in [0.1, 0.15) is 48.6 Å². The van der Waals surface area contributed by atoms with Crippen molar-refractivity contribution in [3.8, 4) is 0 Å². The Bertz CT molecular complexity index is 2120. The van der Waals surface area contributed by atoms with Crippen molar-refractivity contribution in [2.45, 2.75) is 88.3 Å². The summed E-state index contributed by atoms with van der Waals surface area (Å²) in [6.07, 6.45) is -4.57. The maximum Gasteiger partial charge on any atom is 0.472 e. The van der Waals surface area contributed by atoms with Crippen LogP contribution in [0.4, 0.5) is 11.8 Å². The number of ether oxygens (including phenoxy) is 2. The monoisotopic (exact) mass is 772 g/mol. The molecule has 0 saturated carbocycles. The van der Waals surface area contributed by atoms with Crippen molar-refractivity contribution in [1.82, 2.24) is 39.0 Å². The third-order valence-corrected chi connectivity index (χ3v) is 15.9. The number of phosphoric acid groups is 2. The highest BCUT2D eigenvalue weighted by Gasteiger charge is 2.55. The molecular formula is C26H38N10O12P2Si. The zero-order valence-electron chi connectivity index (χ0n) is 28.1. The quantitative estimate of drug-likeness (QED) is 0.146. The van der Waals surface area contributed by atoms with Gasteiger partial charge < -0.3 is 35.2 Å². The zero-order chi connectivity index (χ0) is 36.7. The number of nitrogens with zero attached hydrogens (tertiary/aromatic N) is 7. The molecule has 22 nitrogen and oxygen atoms in total. The number of nitrogens with one attached hydrogen (secondary N) is 1. The molecule has 0 amide bonds. The Labute approximate surface area is 290 Å². The fourth-order valence-corrected chi connectivity index (χ4v) is 9.11. The Morgan fingerprint density at radius 3 is 2.31 bits per heavy atom. The molecule has 2 unspecified atom stereocenters. The lowest BCUT2D eigenvalue weighted by atomic mass is 10.1. The van der Waals surface area contributed by atoms with Crippen LogP contribution >= 0.6 is 15.6 Å². The predicted octanol–water partition coefficient (Wildman–Crippen LogP) is 1.72. The van der Waals surface area contributed by atoms with Crippen LogP contribution in [-0.2, 0) is 41.1 Å². The molecule has 3 fully saturated rings. The molecule has 4 aromatic heterocycles. The van der Waals surface area contributed by atoms with Crippen LogP contribution in [0.1, 0.15) is 39.6 Å². The van der Waals surface area contributed by atoms with Gasteiger partial charge in [0.05, 0.1) is 25.9 Å². The maximum absolute atomic E-state index is 13.8. The number of phosphoric ester groups is 2. The Hall–Kier alpha value is -3.18. The van der Waals surface area contributed by atoms with E-state index in [1.165, 1.54) is 28.1 Å². The summed E-state index contributed by atoms with van der Waals surface area (Å²) in [6, 6.07) is 0. The van der Waals surface area contributed by atoms with Gasteiger partial charge in [-0.1, -0.05) is 20.8 Å². The third kappa shape index (κ3) is 6.89. The molecule has 3 aliphatic rings. The van der Waals surface area contributed by atoms with Crippen molar-refractivity contribution in [3.63, 3.8) is 0 Å². The molecule has 3 saturated heterocycles. The molecule has 25 heteroatoms. The fourth-order valence-electron chi connectivity index (χ4n) is 5.90. The van der Waals surface area contributed by atoms with Gasteiger partial charge in [0.2, 0.25) is 5.95 Å². The molecule has 7 N–H and O–H groups in total. The van der Waals surface area contributed by atoms with E-state index in [-0.39, 0.29) is 34.4 Å². The molecule has 0 spiro atoms. The average Bonchev–Trinajstić information content (AvgIpc) is 3.79. The first-order valence-corrected chi connectivity index (χ1v) is 21.7. The van der Waals surface area contributed by atoms with Crippen molar-refractivity contribution in [2.75, 3.05) is 24.7 Å². The summed E-state index contributed by atoms with van der Waals surface area (Å²) in [7, 11) is -12.6. The van der Waals surface area contributed by atoms with Crippen LogP contribution in [0.25, 0.3) is 22.3 Å². The van der Waals surface area contributed by atoms with Gasteiger partial charge in [0, 0.05) is 6.42 Å². The van der Waals surface area contributed by atoms with E-state index in [9.17, 15) is 23.7 Å². The van der Waals surface area contributed by atoms with E-state index in [4.69, 9.17) is 43.5 Å². The second-order valence-corrected chi connectivity index (χ2v) is 21.4. The van der Waals surface area contributed by atoms with E-state index in [2.05, 4.69) is 29.9 Å². The molecule has 0 aromatic carbocycles. The van der Waals surface area contributed by atoms with Crippen LogP contribution < -0.4 is 17.0 Å². The maximum atomic E-state index is 13.8. The van der Waals surface area contributed by atoms with Crippen molar-refractivity contribution < 1.29 is 50.9 Å². The highest BCUT2D eigenvalue weighted by atomic mass is 31.2. The SMILES string of the molecule is CC(C)(C)[Si](C)(C)O[C@H]1[C@H]2OP(=O)(O)OC[C@H]3O[C@@H](n4cnc5c(N)ncnc54)C[C@@H]3OP(=O)(O)OC[C@H]1O[C@H]2n1cnc2c(=O)[nH]c(N)nc21. The number of hydrogen-bond donors (Lipinski definition) is 5. The van der Waals surface area contributed by atoms with Crippen LogP contribution in [0, 0.1) is 0 Å². The van der Waals surface area contributed by atoms with Crippen LogP contribution in [0.2, 0.25) is 18.1 Å². The minimum Gasteiger partial charge on any atom is -0.408 e. The van der Waals surface area contributed by atoms with Gasteiger partial charge in [-0.15, -0.1) is 0 Å². The van der Waals surface area contributed by atoms with Gasteiger partial charge >= 0.3 is 15.6 Å². The standard InChI is InChI=1S/C26H38N10O12P2Si/c1-26(2,3)51(4,5)48-18-14-8-43-49(38,39)46-12-6-15(35-10-31-16-20(27)29-9-30-21(16)35)44-13(12)7-42-50(40,41)47-19(18)24(45-14)36-11-32-17-22(36)33-25(28)34-23(17)37/h9-15,18-19,24H,6-8H2,1-5H3,(H,38,39)(H,40,41)(H2,27,29,30)(H3,28,33,34,37)/t12-,13+,14+,15+,18+,19+,24+/m0/s1. The first kappa shape index (κ1) is 36.2. The Balaban J connectivity index is 1.25. The number of aromatic amines is 1. The van der Waals surface area contributed by atoms with E-state index in [1.807, 2.05) is 33.9 Å². The van der Waals surface area contributed by atoms with Gasteiger partial charge in [0.15, 0.2) is 37.2 Å². The number of aromatic nitrogens is 8. The first-order valence-electron chi connectivity index (χ1n) is 15.8. The first-order chi connectivity index (χ1) is 23.8. The molecular weight excluding hydrogens is 734 g/mol. The van der Waals surface area contributed by atoms with E-state index < -0.39 is 85.7 Å². The van der Waals surface area contributed by atoms with E-state index in [0.717, 1.165) is 0 Å². The minimum absolute atomic E-state index is 0.0271. The molecule has 7 rings (SSSR count). The molecule has 0 aliphatic carbocycles. The summed E-state index contributed by atoms with van der Waals surface area (Å²) < 4.78 is 71.7. The highest BCUT2D eigenvalue weighted by molar-refractivity contribution is 7.47. The van der Waals surface area contributed by atoms with Gasteiger partial charge in [-0.25, -0.2) is 29.1 Å². The number of anilines is 2. The van der Waals surface area contributed by atoms with Gasteiger partial charge in [-0.2, -0.15) is 4.98 Å². The number of fused-ring (bicyclic) bond motifs is 5. The Kier molecular flexibility index (Phi) is 9.04. The Morgan fingerprint density at radius 1 is 0.922 bits per heavy atom. The van der Waals surface area contributed by atoms with Crippen molar-refractivity contribution >= 4 is 58.1 Å². The topological polar surface area (TPSA) is 298 Å². The normalized spacial score (nSPS) is 33.9. The molecule has 2 bridgehead atoms. The molecule has 3 aliphatic heterocycles. The molecule has 0 radical (unpaired) electrons. The number of imidazole rings is 2. The lowest BCUT2D eigenvalue weighted by molar-refractivity contribution is -0.0670. The molecule has 51 heavy (non-hydrogen) atoms. The van der Waals surface area contributed by atoms with Crippen LogP contribution in [-0.4, -0.2) is 101 Å². The summed E-state index contributed by atoms with van der Waals surface area (Å²) in [4.78, 5) is 57.8. The second kappa shape index (κ2) is 12.7. The molecule has 4 aromatic rings. The number of rotatable bonds is 4. The number of nitrogen functional groups attached to an aromatic ring is 2. The van der Waals surface area contributed by atoms with E-state index in [1.54, 1.807) is 0 Å². The number of H-pyrrole nitrogens is 1. The number of hydrogen-bond acceptors (Lipinski definition) is 17. The lowest BCUT2D eigenvalue weighted by Crippen LogP contribution is -2.50. The Morgan fingerprint density at radius 2 is 1.59 bits per heavy atom. The second-order valence-electron chi connectivity index (χ2n) is 13.9. The van der Waals surface area contributed by atoms with Crippen molar-refractivity contribution in [3.05, 3.63) is 29.3 Å². The summed E-state index contributed by atoms with van der Waals surface area (Å²) >= 11 is 0. The largest absolute Gasteiger partial charge is 0.472 e. The zero-order valence-corrected chi connectivity index (χ0v) is 30.8. The van der Waals surface area contributed by atoms with Crippen LogP contribution in [0.5, 0.6) is 0 Å². The van der Waals surface area contributed by atoms with Gasteiger partial charge in [-0.05, 0) is 18.1 Å². The summed E-state index contributed by atoms with van der Waals surface area (Å²) in [6.45, 7) is 8.60. The smallest absolute Gasteiger partial charge is 0.408 e. The van der Waals surface area contributed by atoms with Crippen LogP contribution in [0.3, 0.4) is 0 Å². The lowest BCUT2D eigenvalue weighted by Gasteiger charge is -2.40. The summed E-state index contributed by atoms with van der Waals surface area (Å²) in [5.41, 5.74) is 11.6. The fraction of sp³-hybridized carbons (Fsp3) is 0.615. The highest BCUT2D eigenvalue weighted by Crippen LogP contribution is 2.55. The summed E-state index contributed by atoms with van der Waals surface area (Å²) in [5, 5.41) is -0.368. The molecule has 7 heterocycles.